The molecule has 0 aliphatic rings. The Morgan fingerprint density at radius 3 is 1.44 bits per heavy atom. The third kappa shape index (κ3) is 38.8. The number of rotatable bonds is 38. The van der Waals surface area contributed by atoms with Gasteiger partial charge in [0.05, 0.1) is 13.2 Å². The Morgan fingerprint density at radius 2 is 0.938 bits per heavy atom. The molecule has 1 N–H and O–H groups in total. The Labute approximate surface area is 299 Å². The molecule has 0 aliphatic carbocycles. The molecule has 0 fully saturated rings. The molecule has 0 aliphatic heterocycles. The predicted octanol–water partition coefficient (Wildman–Crippen LogP) is 13.5. The summed E-state index contributed by atoms with van der Waals surface area (Å²) in [4.78, 5) is 12.2. The lowest BCUT2D eigenvalue weighted by Crippen LogP contribution is -2.27. The van der Waals surface area contributed by atoms with E-state index in [2.05, 4.69) is 62.5 Å². The molecule has 48 heavy (non-hydrogen) atoms. The van der Waals surface area contributed by atoms with Crippen LogP contribution in [0.1, 0.15) is 200 Å². The second-order valence-corrected chi connectivity index (χ2v) is 13.7. The van der Waals surface area contributed by atoms with Gasteiger partial charge in [0.2, 0.25) is 0 Å². The topological polar surface area (TPSA) is 55.8 Å². The average Bonchev–Trinajstić information content (AvgIpc) is 3.09. The molecular weight excluding hydrogens is 592 g/mol. The fraction of sp³-hybridized carbons (Fsp3) is 0.795. The first-order valence-corrected chi connectivity index (χ1v) is 20.7. The van der Waals surface area contributed by atoms with Crippen LogP contribution in [-0.4, -0.2) is 37.0 Å². The van der Waals surface area contributed by atoms with Crippen LogP contribution in [0.2, 0.25) is 0 Å². The number of hydrogen-bond donors (Lipinski definition) is 1. The van der Waals surface area contributed by atoms with E-state index in [0.29, 0.717) is 13.0 Å². The lowest BCUT2D eigenvalue weighted by molar-refractivity contribution is -0.154. The normalized spacial score (nSPS) is 12.8. The van der Waals surface area contributed by atoms with Gasteiger partial charge in [-0.3, -0.25) is 4.79 Å². The van der Waals surface area contributed by atoms with Crippen LogP contribution < -0.4 is 0 Å². The van der Waals surface area contributed by atoms with E-state index in [4.69, 9.17) is 9.47 Å². The average molecular weight is 673 g/mol. The standard InChI is InChI=1S/C44H80O4/c1-3-5-7-9-11-13-15-17-19-21-23-25-27-29-31-33-35-37-39-44(46)48-43(41-45)42-47-40-38-36-34-32-30-28-26-24-22-20-18-16-14-12-10-8-6-4-2/h6,8,12,14,18-21,43,45H,3-5,7,9-11,13,15-17,22-42H2,1-2H3/b8-6-,14-12-,20-18-,21-19-. The largest absolute Gasteiger partial charge is 0.457 e. The van der Waals surface area contributed by atoms with Crippen LogP contribution in [0.5, 0.6) is 0 Å². The Balaban J connectivity index is 3.45. The molecule has 0 saturated carbocycles. The number of unbranched alkanes of at least 4 members (excludes halogenated alkanes) is 22. The third-order valence-corrected chi connectivity index (χ3v) is 8.89. The fourth-order valence-electron chi connectivity index (χ4n) is 5.81. The molecular formula is C44H80O4. The van der Waals surface area contributed by atoms with Gasteiger partial charge < -0.3 is 14.6 Å². The molecule has 0 aromatic rings. The molecule has 4 heteroatoms. The molecule has 0 rings (SSSR count). The van der Waals surface area contributed by atoms with E-state index in [9.17, 15) is 9.90 Å². The van der Waals surface area contributed by atoms with Crippen molar-refractivity contribution >= 4 is 5.97 Å². The summed E-state index contributed by atoms with van der Waals surface area (Å²) in [5.74, 6) is -0.208. The molecule has 0 bridgehead atoms. The van der Waals surface area contributed by atoms with Crippen LogP contribution in [0.25, 0.3) is 0 Å². The van der Waals surface area contributed by atoms with E-state index in [1.807, 2.05) is 0 Å². The minimum absolute atomic E-state index is 0.177. The maximum Gasteiger partial charge on any atom is 0.306 e. The summed E-state index contributed by atoms with van der Waals surface area (Å²) < 4.78 is 11.1. The van der Waals surface area contributed by atoms with Crippen LogP contribution in [-0.2, 0) is 14.3 Å². The summed E-state index contributed by atoms with van der Waals surface area (Å²) >= 11 is 0. The molecule has 0 amide bonds. The van der Waals surface area contributed by atoms with Crippen LogP contribution in [0.3, 0.4) is 0 Å². The van der Waals surface area contributed by atoms with Crippen LogP contribution in [0, 0.1) is 0 Å². The third-order valence-electron chi connectivity index (χ3n) is 8.89. The summed E-state index contributed by atoms with van der Waals surface area (Å²) in [6.07, 6.45) is 53.1. The van der Waals surface area contributed by atoms with Gasteiger partial charge >= 0.3 is 5.97 Å². The quantitative estimate of drug-likeness (QED) is 0.0403. The fourth-order valence-corrected chi connectivity index (χ4v) is 5.81. The van der Waals surface area contributed by atoms with Crippen molar-refractivity contribution in [1.29, 1.82) is 0 Å². The molecule has 1 atom stereocenters. The summed E-state index contributed by atoms with van der Waals surface area (Å²) in [5.41, 5.74) is 0. The SMILES string of the molecule is CC/C=C\C/C=C\C/C=C\CCCCCCCCCCOCC(CO)OC(=O)CCCCCCCCC/C=C\CCCCCCCCC. The van der Waals surface area contributed by atoms with Gasteiger partial charge in [-0.05, 0) is 70.6 Å². The molecule has 0 aromatic carbocycles. The van der Waals surface area contributed by atoms with E-state index in [1.54, 1.807) is 0 Å². The Morgan fingerprint density at radius 1 is 0.521 bits per heavy atom. The first-order chi connectivity index (χ1) is 23.7. The van der Waals surface area contributed by atoms with Crippen molar-refractivity contribution in [2.75, 3.05) is 19.8 Å². The van der Waals surface area contributed by atoms with Gasteiger partial charge in [0.15, 0.2) is 0 Å². The molecule has 0 radical (unpaired) electrons. The van der Waals surface area contributed by atoms with Crippen molar-refractivity contribution in [3.05, 3.63) is 48.6 Å². The molecule has 280 valence electrons. The molecule has 0 spiro atoms. The lowest BCUT2D eigenvalue weighted by atomic mass is 10.1. The van der Waals surface area contributed by atoms with E-state index in [1.165, 1.54) is 141 Å². The summed E-state index contributed by atoms with van der Waals surface area (Å²) in [7, 11) is 0. The Bertz CT molecular complexity index is 753. The highest BCUT2D eigenvalue weighted by atomic mass is 16.6. The number of carbonyl (C=O) groups is 1. The molecule has 4 nitrogen and oxygen atoms in total. The second-order valence-electron chi connectivity index (χ2n) is 13.7. The zero-order chi connectivity index (χ0) is 34.9. The van der Waals surface area contributed by atoms with Crippen molar-refractivity contribution in [1.82, 2.24) is 0 Å². The first-order valence-electron chi connectivity index (χ1n) is 20.7. The van der Waals surface area contributed by atoms with Gasteiger partial charge in [-0.2, -0.15) is 0 Å². The van der Waals surface area contributed by atoms with Crippen LogP contribution >= 0.6 is 0 Å². The number of carbonyl (C=O) groups excluding carboxylic acids is 1. The van der Waals surface area contributed by atoms with Gasteiger partial charge in [-0.25, -0.2) is 0 Å². The van der Waals surface area contributed by atoms with Crippen molar-refractivity contribution in [2.45, 2.75) is 206 Å². The number of ether oxygens (including phenoxy) is 2. The Kier molecular flexibility index (Phi) is 40.1. The maximum atomic E-state index is 12.2. The van der Waals surface area contributed by atoms with Crippen molar-refractivity contribution in [2.24, 2.45) is 0 Å². The highest BCUT2D eigenvalue weighted by Gasteiger charge is 2.13. The minimum atomic E-state index is -0.540. The van der Waals surface area contributed by atoms with Gasteiger partial charge in [-0.15, -0.1) is 0 Å². The summed E-state index contributed by atoms with van der Waals surface area (Å²) in [6.45, 7) is 5.22. The van der Waals surface area contributed by atoms with Crippen LogP contribution in [0.15, 0.2) is 48.6 Å². The minimum Gasteiger partial charge on any atom is -0.457 e. The summed E-state index contributed by atoms with van der Waals surface area (Å²) in [6, 6.07) is 0. The van der Waals surface area contributed by atoms with Crippen molar-refractivity contribution in [3.8, 4) is 0 Å². The monoisotopic (exact) mass is 673 g/mol. The molecule has 0 heterocycles. The number of aliphatic hydroxyl groups excluding tert-OH is 1. The van der Waals surface area contributed by atoms with Crippen molar-refractivity contribution < 1.29 is 19.4 Å². The summed E-state index contributed by atoms with van der Waals surface area (Å²) in [5, 5.41) is 9.59. The van der Waals surface area contributed by atoms with E-state index >= 15 is 0 Å². The maximum absolute atomic E-state index is 12.2. The second kappa shape index (κ2) is 41.5. The number of hydrogen-bond acceptors (Lipinski definition) is 4. The molecule has 0 saturated heterocycles. The van der Waals surface area contributed by atoms with E-state index in [0.717, 1.165) is 38.5 Å². The zero-order valence-electron chi connectivity index (χ0n) is 32.0. The van der Waals surface area contributed by atoms with Gasteiger partial charge in [0, 0.05) is 13.0 Å². The molecule has 1 unspecified atom stereocenters. The first kappa shape index (κ1) is 46.4. The van der Waals surface area contributed by atoms with Gasteiger partial charge in [-0.1, -0.05) is 172 Å². The van der Waals surface area contributed by atoms with Gasteiger partial charge in [0.1, 0.15) is 6.10 Å². The highest BCUT2D eigenvalue weighted by molar-refractivity contribution is 5.69. The number of esters is 1. The van der Waals surface area contributed by atoms with E-state index < -0.39 is 6.10 Å². The van der Waals surface area contributed by atoms with E-state index in [-0.39, 0.29) is 19.2 Å². The number of allylic oxidation sites excluding steroid dienone is 8. The lowest BCUT2D eigenvalue weighted by Gasteiger charge is -2.16. The Hall–Kier alpha value is -1.65. The van der Waals surface area contributed by atoms with Crippen LogP contribution in [0.4, 0.5) is 0 Å². The smallest absolute Gasteiger partial charge is 0.306 e. The zero-order valence-corrected chi connectivity index (χ0v) is 32.0. The van der Waals surface area contributed by atoms with Gasteiger partial charge in [0.25, 0.3) is 0 Å². The van der Waals surface area contributed by atoms with Crippen molar-refractivity contribution in [3.63, 3.8) is 0 Å². The highest BCUT2D eigenvalue weighted by Crippen LogP contribution is 2.13. The number of aliphatic hydroxyl groups is 1. The predicted molar refractivity (Wildman–Crippen MR) is 210 cm³/mol. The molecule has 0 aromatic heterocycles.